The van der Waals surface area contributed by atoms with E-state index in [-0.39, 0.29) is 17.3 Å². The van der Waals surface area contributed by atoms with E-state index in [1.807, 2.05) is 6.07 Å². The Labute approximate surface area is 129 Å². The lowest BCUT2D eigenvalue weighted by Crippen LogP contribution is -2.39. The van der Waals surface area contributed by atoms with Gasteiger partial charge in [0.15, 0.2) is 0 Å². The van der Waals surface area contributed by atoms with Crippen LogP contribution < -0.4 is 11.2 Å². The van der Waals surface area contributed by atoms with E-state index < -0.39 is 0 Å². The van der Waals surface area contributed by atoms with Crippen molar-refractivity contribution in [2.75, 3.05) is 13.1 Å². The fraction of sp³-hybridized carbons (Fsp3) is 0.412. The minimum atomic E-state index is -0.294. The first-order chi connectivity index (χ1) is 10.6. The maximum atomic E-state index is 12.0. The zero-order chi connectivity index (χ0) is 15.5. The van der Waals surface area contributed by atoms with Crippen LogP contribution in [0.1, 0.15) is 30.0 Å². The molecule has 0 saturated carbocycles. The topological polar surface area (TPSA) is 58.1 Å². The standard InChI is InChI=1S/C17H21N3O2/c1-13-11-20(17(22)18-16(13)21)15-7-9-19(10-8-15)12-14-5-3-2-4-6-14/h2-6,11,15H,7-10,12H2,1H3,(H,18,21,22). The Balaban J connectivity index is 1.66. The van der Waals surface area contributed by atoms with E-state index in [0.717, 1.165) is 32.5 Å². The van der Waals surface area contributed by atoms with E-state index in [1.54, 1.807) is 17.7 Å². The first-order valence-corrected chi connectivity index (χ1v) is 7.72. The Bertz CT molecular complexity index is 740. The highest BCUT2D eigenvalue weighted by Gasteiger charge is 2.21. The van der Waals surface area contributed by atoms with Crippen molar-refractivity contribution in [2.45, 2.75) is 32.4 Å². The van der Waals surface area contributed by atoms with E-state index in [9.17, 15) is 9.59 Å². The number of benzene rings is 1. The largest absolute Gasteiger partial charge is 0.328 e. The lowest BCUT2D eigenvalue weighted by Gasteiger charge is -2.32. The lowest BCUT2D eigenvalue weighted by molar-refractivity contribution is 0.177. The van der Waals surface area contributed by atoms with Crippen molar-refractivity contribution < 1.29 is 0 Å². The summed E-state index contributed by atoms with van der Waals surface area (Å²) in [5, 5.41) is 0. The summed E-state index contributed by atoms with van der Waals surface area (Å²) in [5.74, 6) is 0. The van der Waals surface area contributed by atoms with Crippen molar-refractivity contribution in [3.05, 3.63) is 68.5 Å². The quantitative estimate of drug-likeness (QED) is 0.938. The zero-order valence-electron chi connectivity index (χ0n) is 12.8. The number of aromatic amines is 1. The van der Waals surface area contributed by atoms with Gasteiger partial charge in [-0.3, -0.25) is 19.2 Å². The summed E-state index contributed by atoms with van der Waals surface area (Å²) in [6.45, 7) is 4.61. The summed E-state index contributed by atoms with van der Waals surface area (Å²) in [4.78, 5) is 28.2. The van der Waals surface area contributed by atoms with Crippen LogP contribution in [0.5, 0.6) is 0 Å². The summed E-state index contributed by atoms with van der Waals surface area (Å²) in [7, 11) is 0. The molecule has 0 radical (unpaired) electrons. The first-order valence-electron chi connectivity index (χ1n) is 7.72. The van der Waals surface area contributed by atoms with Gasteiger partial charge in [-0.15, -0.1) is 0 Å². The molecule has 1 aromatic carbocycles. The van der Waals surface area contributed by atoms with Crippen LogP contribution >= 0.6 is 0 Å². The van der Waals surface area contributed by atoms with Gasteiger partial charge in [0.25, 0.3) is 5.56 Å². The molecule has 1 aliphatic rings. The molecule has 3 rings (SSSR count). The summed E-state index contributed by atoms with van der Waals surface area (Å²) in [6.07, 6.45) is 3.55. The van der Waals surface area contributed by atoms with E-state index in [4.69, 9.17) is 0 Å². The van der Waals surface area contributed by atoms with Crippen molar-refractivity contribution in [3.63, 3.8) is 0 Å². The van der Waals surface area contributed by atoms with Crippen LogP contribution in [0, 0.1) is 6.92 Å². The second kappa shape index (κ2) is 6.32. The highest BCUT2D eigenvalue weighted by atomic mass is 16.2. The molecule has 1 fully saturated rings. The Morgan fingerprint density at radius 3 is 2.50 bits per heavy atom. The summed E-state index contributed by atoms with van der Waals surface area (Å²) >= 11 is 0. The van der Waals surface area contributed by atoms with Crippen molar-refractivity contribution in [3.8, 4) is 0 Å². The third-order valence-electron chi connectivity index (χ3n) is 4.35. The molecule has 0 atom stereocenters. The van der Waals surface area contributed by atoms with Crippen molar-refractivity contribution in [2.24, 2.45) is 0 Å². The average molecular weight is 299 g/mol. The van der Waals surface area contributed by atoms with E-state index in [2.05, 4.69) is 34.1 Å². The van der Waals surface area contributed by atoms with Crippen molar-refractivity contribution in [1.29, 1.82) is 0 Å². The molecule has 0 spiro atoms. The Hall–Kier alpha value is -2.14. The monoisotopic (exact) mass is 299 g/mol. The Kier molecular flexibility index (Phi) is 4.24. The Morgan fingerprint density at radius 1 is 1.14 bits per heavy atom. The molecule has 0 amide bonds. The van der Waals surface area contributed by atoms with Gasteiger partial charge in [-0.2, -0.15) is 0 Å². The second-order valence-electron chi connectivity index (χ2n) is 5.97. The number of nitrogens with one attached hydrogen (secondary N) is 1. The minimum absolute atomic E-state index is 0.176. The number of likely N-dealkylation sites (tertiary alicyclic amines) is 1. The van der Waals surface area contributed by atoms with Crippen LogP contribution in [0.15, 0.2) is 46.1 Å². The molecule has 5 heteroatoms. The molecule has 1 saturated heterocycles. The van der Waals surface area contributed by atoms with E-state index in [0.29, 0.717) is 5.56 Å². The number of hydrogen-bond donors (Lipinski definition) is 1. The number of nitrogens with zero attached hydrogens (tertiary/aromatic N) is 2. The highest BCUT2D eigenvalue weighted by Crippen LogP contribution is 2.22. The van der Waals surface area contributed by atoms with Crippen LogP contribution in [0.25, 0.3) is 0 Å². The molecule has 1 aromatic heterocycles. The fourth-order valence-electron chi connectivity index (χ4n) is 3.05. The van der Waals surface area contributed by atoms with Crippen LogP contribution in [-0.4, -0.2) is 27.5 Å². The van der Waals surface area contributed by atoms with Gasteiger partial charge >= 0.3 is 5.69 Å². The summed E-state index contributed by atoms with van der Waals surface area (Å²) < 4.78 is 1.69. The number of hydrogen-bond acceptors (Lipinski definition) is 3. The average Bonchev–Trinajstić information content (AvgIpc) is 2.53. The number of aryl methyl sites for hydroxylation is 1. The SMILES string of the molecule is Cc1cn(C2CCN(Cc3ccccc3)CC2)c(=O)[nH]c1=O. The van der Waals surface area contributed by atoms with Gasteiger partial charge in [0.2, 0.25) is 0 Å². The second-order valence-corrected chi connectivity index (χ2v) is 5.97. The van der Waals surface area contributed by atoms with Gasteiger partial charge in [-0.25, -0.2) is 4.79 Å². The van der Waals surface area contributed by atoms with E-state index in [1.165, 1.54) is 5.56 Å². The summed E-state index contributed by atoms with van der Waals surface area (Å²) in [6, 6.07) is 10.6. The van der Waals surface area contributed by atoms with Crippen molar-refractivity contribution >= 4 is 0 Å². The number of rotatable bonds is 3. The summed E-state index contributed by atoms with van der Waals surface area (Å²) in [5.41, 5.74) is 1.32. The minimum Gasteiger partial charge on any atom is -0.299 e. The molecule has 116 valence electrons. The van der Waals surface area contributed by atoms with Gasteiger partial charge in [0.05, 0.1) is 0 Å². The van der Waals surface area contributed by atoms with Crippen LogP contribution in [0.4, 0.5) is 0 Å². The number of piperidine rings is 1. The molecular formula is C17H21N3O2. The molecule has 1 aliphatic heterocycles. The van der Waals surface area contributed by atoms with Crippen LogP contribution in [-0.2, 0) is 6.54 Å². The van der Waals surface area contributed by atoms with Crippen LogP contribution in [0.2, 0.25) is 0 Å². The van der Waals surface area contributed by atoms with Gasteiger partial charge < -0.3 is 0 Å². The zero-order valence-corrected chi connectivity index (χ0v) is 12.8. The highest BCUT2D eigenvalue weighted by molar-refractivity contribution is 5.14. The molecule has 0 bridgehead atoms. The smallest absolute Gasteiger partial charge is 0.299 e. The number of H-pyrrole nitrogens is 1. The maximum absolute atomic E-state index is 12.0. The number of aromatic nitrogens is 2. The normalized spacial score (nSPS) is 16.8. The first kappa shape index (κ1) is 14.8. The van der Waals surface area contributed by atoms with E-state index >= 15 is 0 Å². The third-order valence-corrected chi connectivity index (χ3v) is 4.35. The molecule has 1 N–H and O–H groups in total. The molecule has 22 heavy (non-hydrogen) atoms. The third kappa shape index (κ3) is 3.20. The molecule has 2 aromatic rings. The Morgan fingerprint density at radius 2 is 1.82 bits per heavy atom. The van der Waals surface area contributed by atoms with Gasteiger partial charge in [-0.1, -0.05) is 30.3 Å². The van der Waals surface area contributed by atoms with Gasteiger partial charge in [0.1, 0.15) is 0 Å². The van der Waals surface area contributed by atoms with Gasteiger partial charge in [-0.05, 0) is 25.3 Å². The van der Waals surface area contributed by atoms with Crippen molar-refractivity contribution in [1.82, 2.24) is 14.5 Å². The molecular weight excluding hydrogens is 278 g/mol. The molecule has 2 heterocycles. The maximum Gasteiger partial charge on any atom is 0.328 e. The fourth-order valence-corrected chi connectivity index (χ4v) is 3.05. The van der Waals surface area contributed by atoms with Crippen LogP contribution in [0.3, 0.4) is 0 Å². The molecule has 0 aliphatic carbocycles. The molecule has 5 nitrogen and oxygen atoms in total. The lowest BCUT2D eigenvalue weighted by atomic mass is 10.0. The predicted octanol–water partition coefficient (Wildman–Crippen LogP) is 1.68. The predicted molar refractivity (Wildman–Crippen MR) is 86.0 cm³/mol. The molecule has 0 unspecified atom stereocenters. The van der Waals surface area contributed by atoms with Gasteiger partial charge in [0, 0.05) is 37.4 Å².